The second kappa shape index (κ2) is 5.83. The number of ether oxygens (including phenoxy) is 1. The van der Waals surface area contributed by atoms with E-state index in [2.05, 4.69) is 25.8 Å². The van der Waals surface area contributed by atoms with Gasteiger partial charge in [0.25, 0.3) is 0 Å². The molecule has 1 rings (SSSR count). The molecule has 3 nitrogen and oxygen atoms in total. The SMILES string of the molecule is CCCC(C)(CN)N(C)C1CCOCC1. The predicted octanol–water partition coefficient (Wildman–Crippen LogP) is 1.61. The third kappa shape index (κ3) is 3.16. The number of hydrogen-bond acceptors (Lipinski definition) is 3. The Labute approximate surface area is 94.0 Å². The molecule has 1 saturated heterocycles. The van der Waals surface area contributed by atoms with E-state index >= 15 is 0 Å². The molecule has 1 aliphatic heterocycles. The number of hydrogen-bond donors (Lipinski definition) is 1. The van der Waals surface area contributed by atoms with Crippen molar-refractivity contribution < 1.29 is 4.74 Å². The van der Waals surface area contributed by atoms with Gasteiger partial charge in [0.05, 0.1) is 0 Å². The Morgan fingerprint density at radius 1 is 1.40 bits per heavy atom. The smallest absolute Gasteiger partial charge is 0.0480 e. The molecule has 0 spiro atoms. The van der Waals surface area contributed by atoms with Gasteiger partial charge in [0.2, 0.25) is 0 Å². The maximum atomic E-state index is 5.93. The fourth-order valence-corrected chi connectivity index (χ4v) is 2.47. The predicted molar refractivity (Wildman–Crippen MR) is 64.0 cm³/mol. The summed E-state index contributed by atoms with van der Waals surface area (Å²) in [5.41, 5.74) is 6.09. The van der Waals surface area contributed by atoms with Crippen LogP contribution in [0.1, 0.15) is 39.5 Å². The van der Waals surface area contributed by atoms with E-state index in [-0.39, 0.29) is 5.54 Å². The highest BCUT2D eigenvalue weighted by atomic mass is 16.5. The van der Waals surface area contributed by atoms with E-state index < -0.39 is 0 Å². The van der Waals surface area contributed by atoms with Gasteiger partial charge in [-0.1, -0.05) is 13.3 Å². The largest absolute Gasteiger partial charge is 0.381 e. The van der Waals surface area contributed by atoms with Gasteiger partial charge < -0.3 is 10.5 Å². The average molecular weight is 214 g/mol. The Bertz CT molecular complexity index is 180. The van der Waals surface area contributed by atoms with Crippen LogP contribution < -0.4 is 5.73 Å². The lowest BCUT2D eigenvalue weighted by atomic mass is 9.91. The molecule has 2 N–H and O–H groups in total. The van der Waals surface area contributed by atoms with Crippen molar-refractivity contribution in [3.8, 4) is 0 Å². The third-order valence-corrected chi connectivity index (χ3v) is 3.82. The molecule has 1 atom stereocenters. The fraction of sp³-hybridized carbons (Fsp3) is 1.00. The first-order valence-electron chi connectivity index (χ1n) is 6.15. The van der Waals surface area contributed by atoms with Gasteiger partial charge in [-0.2, -0.15) is 0 Å². The summed E-state index contributed by atoms with van der Waals surface area (Å²) in [6, 6.07) is 0.652. The van der Waals surface area contributed by atoms with Crippen LogP contribution in [0.25, 0.3) is 0 Å². The second-order valence-corrected chi connectivity index (χ2v) is 4.91. The van der Waals surface area contributed by atoms with Crippen molar-refractivity contribution in [3.05, 3.63) is 0 Å². The van der Waals surface area contributed by atoms with Gasteiger partial charge in [-0.3, -0.25) is 4.90 Å². The molecule has 0 amide bonds. The number of nitrogens with two attached hydrogens (primary N) is 1. The Hall–Kier alpha value is -0.120. The normalized spacial score (nSPS) is 23.0. The molecular formula is C12H26N2O. The van der Waals surface area contributed by atoms with E-state index in [0.29, 0.717) is 6.04 Å². The van der Waals surface area contributed by atoms with Crippen molar-refractivity contribution in [2.75, 3.05) is 26.8 Å². The van der Waals surface area contributed by atoms with Crippen LogP contribution in [0.15, 0.2) is 0 Å². The molecule has 0 bridgehead atoms. The summed E-state index contributed by atoms with van der Waals surface area (Å²) >= 11 is 0. The van der Waals surface area contributed by atoms with Gasteiger partial charge in [-0.25, -0.2) is 0 Å². The topological polar surface area (TPSA) is 38.5 Å². The number of nitrogens with zero attached hydrogens (tertiary/aromatic N) is 1. The standard InChI is InChI=1S/C12H26N2O/c1-4-7-12(2,10-13)14(3)11-5-8-15-9-6-11/h11H,4-10,13H2,1-3H3. The van der Waals surface area contributed by atoms with Gasteiger partial charge in [0.1, 0.15) is 0 Å². The first-order valence-corrected chi connectivity index (χ1v) is 6.15. The van der Waals surface area contributed by atoms with Gasteiger partial charge in [-0.05, 0) is 33.2 Å². The monoisotopic (exact) mass is 214 g/mol. The molecule has 0 aromatic heterocycles. The highest BCUT2D eigenvalue weighted by molar-refractivity contribution is 4.89. The minimum Gasteiger partial charge on any atom is -0.381 e. The maximum absolute atomic E-state index is 5.93. The molecule has 15 heavy (non-hydrogen) atoms. The molecule has 0 aromatic carbocycles. The average Bonchev–Trinajstić information content (AvgIpc) is 2.29. The molecule has 0 saturated carbocycles. The van der Waals surface area contributed by atoms with Crippen molar-refractivity contribution >= 4 is 0 Å². The Kier molecular flexibility index (Phi) is 5.03. The van der Waals surface area contributed by atoms with Crippen LogP contribution in [0.4, 0.5) is 0 Å². The summed E-state index contributed by atoms with van der Waals surface area (Å²) in [6.07, 6.45) is 4.67. The summed E-state index contributed by atoms with van der Waals surface area (Å²) in [4.78, 5) is 2.49. The van der Waals surface area contributed by atoms with Crippen molar-refractivity contribution in [1.82, 2.24) is 4.90 Å². The zero-order chi connectivity index (χ0) is 11.3. The quantitative estimate of drug-likeness (QED) is 0.755. The molecule has 90 valence electrons. The van der Waals surface area contributed by atoms with Crippen molar-refractivity contribution in [2.24, 2.45) is 5.73 Å². The third-order valence-electron chi connectivity index (χ3n) is 3.82. The molecule has 1 heterocycles. The summed E-state index contributed by atoms with van der Waals surface area (Å²) in [5.74, 6) is 0. The maximum Gasteiger partial charge on any atom is 0.0480 e. The van der Waals surface area contributed by atoms with Crippen LogP contribution in [-0.2, 0) is 4.74 Å². The highest BCUT2D eigenvalue weighted by Gasteiger charge is 2.32. The summed E-state index contributed by atoms with van der Waals surface area (Å²) in [5, 5.41) is 0. The van der Waals surface area contributed by atoms with Crippen LogP contribution in [-0.4, -0.2) is 43.3 Å². The minimum absolute atomic E-state index is 0.163. The fourth-order valence-electron chi connectivity index (χ4n) is 2.47. The minimum atomic E-state index is 0.163. The van der Waals surface area contributed by atoms with E-state index in [1.54, 1.807) is 0 Å². The Morgan fingerprint density at radius 3 is 2.47 bits per heavy atom. The van der Waals surface area contributed by atoms with E-state index in [9.17, 15) is 0 Å². The molecular weight excluding hydrogens is 188 g/mol. The van der Waals surface area contributed by atoms with E-state index in [4.69, 9.17) is 10.5 Å². The molecule has 1 unspecified atom stereocenters. The van der Waals surface area contributed by atoms with Crippen LogP contribution in [0.2, 0.25) is 0 Å². The lowest BCUT2D eigenvalue weighted by molar-refractivity contribution is 0.00102. The van der Waals surface area contributed by atoms with Gasteiger partial charge in [0, 0.05) is 31.3 Å². The molecule has 0 radical (unpaired) electrons. The van der Waals surface area contributed by atoms with Crippen LogP contribution in [0.3, 0.4) is 0 Å². The lowest BCUT2D eigenvalue weighted by Crippen LogP contribution is -2.55. The summed E-state index contributed by atoms with van der Waals surface area (Å²) < 4.78 is 5.40. The van der Waals surface area contributed by atoms with E-state index in [1.165, 1.54) is 12.8 Å². The zero-order valence-electron chi connectivity index (χ0n) is 10.5. The first kappa shape index (κ1) is 12.9. The van der Waals surface area contributed by atoms with Gasteiger partial charge in [-0.15, -0.1) is 0 Å². The number of likely N-dealkylation sites (N-methyl/N-ethyl adjacent to an activating group) is 1. The molecule has 1 aliphatic rings. The van der Waals surface area contributed by atoms with Crippen molar-refractivity contribution in [3.63, 3.8) is 0 Å². The summed E-state index contributed by atoms with van der Waals surface area (Å²) in [6.45, 7) is 7.07. The Balaban J connectivity index is 2.57. The number of rotatable bonds is 5. The van der Waals surface area contributed by atoms with Gasteiger partial charge in [0.15, 0.2) is 0 Å². The molecule has 0 aromatic rings. The lowest BCUT2D eigenvalue weighted by Gasteiger charge is -2.44. The Morgan fingerprint density at radius 2 is 2.00 bits per heavy atom. The van der Waals surface area contributed by atoms with Crippen molar-refractivity contribution in [1.29, 1.82) is 0 Å². The first-order chi connectivity index (χ1) is 7.14. The molecule has 3 heteroatoms. The van der Waals surface area contributed by atoms with E-state index in [1.807, 2.05) is 0 Å². The molecule has 0 aliphatic carbocycles. The van der Waals surface area contributed by atoms with Crippen LogP contribution >= 0.6 is 0 Å². The summed E-state index contributed by atoms with van der Waals surface area (Å²) in [7, 11) is 2.22. The van der Waals surface area contributed by atoms with Crippen LogP contribution in [0, 0.1) is 0 Å². The second-order valence-electron chi connectivity index (χ2n) is 4.91. The van der Waals surface area contributed by atoms with Crippen molar-refractivity contribution in [2.45, 2.75) is 51.1 Å². The highest BCUT2D eigenvalue weighted by Crippen LogP contribution is 2.25. The van der Waals surface area contributed by atoms with Gasteiger partial charge >= 0.3 is 0 Å². The van der Waals surface area contributed by atoms with Crippen LogP contribution in [0.5, 0.6) is 0 Å². The molecule has 1 fully saturated rings. The zero-order valence-corrected chi connectivity index (χ0v) is 10.5. The van der Waals surface area contributed by atoms with E-state index in [0.717, 1.165) is 32.6 Å².